The Bertz CT molecular complexity index is 1100. The van der Waals surface area contributed by atoms with Crippen LogP contribution in [0.2, 0.25) is 0 Å². The zero-order valence-corrected chi connectivity index (χ0v) is 16.2. The molecular weight excluding hydrogens is 388 g/mol. The number of aromatic amines is 1. The Morgan fingerprint density at radius 3 is 2.70 bits per heavy atom. The number of hydrogen-bond acceptors (Lipinski definition) is 7. The third kappa shape index (κ3) is 3.77. The van der Waals surface area contributed by atoms with Gasteiger partial charge in [0.2, 0.25) is 0 Å². The van der Waals surface area contributed by atoms with E-state index in [-0.39, 0.29) is 0 Å². The van der Waals surface area contributed by atoms with E-state index in [0.717, 1.165) is 27.8 Å². The topological polar surface area (TPSA) is 128 Å². The molecule has 2 aromatic carbocycles. The number of fused-ring (bicyclic) bond motifs is 1. The molecule has 0 unspecified atom stereocenters. The third-order valence-corrected chi connectivity index (χ3v) is 5.19. The molecule has 1 aliphatic rings. The number of aliphatic hydroxyl groups excluding tert-OH is 4. The SMILES string of the molecule is COc1cccc(-c2cc(C#C[C@H]3O[C@H](CO)[C@@H](O)[C@H](O)[C@@H]3O)c3[nH]ncc3c2)c1. The predicted octanol–water partition coefficient (Wildman–Crippen LogP) is 0.432. The van der Waals surface area contributed by atoms with E-state index < -0.39 is 37.1 Å². The van der Waals surface area contributed by atoms with Gasteiger partial charge in [-0.1, -0.05) is 24.0 Å². The van der Waals surface area contributed by atoms with Crippen molar-refractivity contribution in [1.29, 1.82) is 0 Å². The van der Waals surface area contributed by atoms with Crippen molar-refractivity contribution in [2.45, 2.75) is 30.5 Å². The average Bonchev–Trinajstić information content (AvgIpc) is 3.26. The molecule has 0 radical (unpaired) electrons. The van der Waals surface area contributed by atoms with Crippen molar-refractivity contribution in [3.63, 3.8) is 0 Å². The van der Waals surface area contributed by atoms with Crippen molar-refractivity contribution in [2.24, 2.45) is 0 Å². The lowest BCUT2D eigenvalue weighted by Gasteiger charge is -2.37. The molecule has 156 valence electrons. The number of nitrogens with zero attached hydrogens (tertiary/aromatic N) is 1. The summed E-state index contributed by atoms with van der Waals surface area (Å²) in [5.74, 6) is 6.52. The highest BCUT2D eigenvalue weighted by molar-refractivity contribution is 5.89. The number of H-pyrrole nitrogens is 1. The maximum Gasteiger partial charge on any atom is 0.147 e. The largest absolute Gasteiger partial charge is 0.497 e. The van der Waals surface area contributed by atoms with Crippen LogP contribution in [-0.2, 0) is 4.74 Å². The lowest BCUT2D eigenvalue weighted by Crippen LogP contribution is -2.58. The molecule has 0 saturated carbocycles. The van der Waals surface area contributed by atoms with Gasteiger partial charge in [-0.05, 0) is 35.4 Å². The second kappa shape index (κ2) is 8.44. The fourth-order valence-electron chi connectivity index (χ4n) is 3.50. The molecule has 8 nitrogen and oxygen atoms in total. The standard InChI is InChI=1S/C22H22N2O6/c1-29-16-4-2-3-12(9-16)14-7-13(19-15(8-14)10-23-24-19)5-6-17-20(26)22(28)21(27)18(11-25)30-17/h2-4,7-10,17-18,20-22,25-28H,11H2,1H3,(H,23,24)/t17-,18-,20-,21-,22-/m1/s1. The van der Waals surface area contributed by atoms with E-state index >= 15 is 0 Å². The summed E-state index contributed by atoms with van der Waals surface area (Å²) >= 11 is 0. The van der Waals surface area contributed by atoms with Gasteiger partial charge in [0.05, 0.1) is 31.0 Å². The minimum atomic E-state index is -1.47. The van der Waals surface area contributed by atoms with Gasteiger partial charge in [-0.2, -0.15) is 5.10 Å². The average molecular weight is 410 g/mol. The van der Waals surface area contributed by atoms with Crippen LogP contribution in [0.25, 0.3) is 22.0 Å². The van der Waals surface area contributed by atoms with Crippen LogP contribution in [0.15, 0.2) is 42.6 Å². The summed E-state index contributed by atoms with van der Waals surface area (Å²) in [6.07, 6.45) is -4.67. The Labute approximate surface area is 172 Å². The van der Waals surface area contributed by atoms with Crippen LogP contribution in [0, 0.1) is 11.8 Å². The molecule has 0 spiro atoms. The minimum absolute atomic E-state index is 0.501. The van der Waals surface area contributed by atoms with Crippen LogP contribution >= 0.6 is 0 Å². The van der Waals surface area contributed by atoms with Crippen molar-refractivity contribution >= 4 is 10.9 Å². The number of aromatic nitrogens is 2. The number of nitrogens with one attached hydrogen (secondary N) is 1. The summed E-state index contributed by atoms with van der Waals surface area (Å²) in [6, 6.07) is 11.5. The van der Waals surface area contributed by atoms with Crippen molar-refractivity contribution < 1.29 is 29.9 Å². The number of rotatable bonds is 3. The molecule has 30 heavy (non-hydrogen) atoms. The van der Waals surface area contributed by atoms with Gasteiger partial charge in [0.15, 0.2) is 0 Å². The lowest BCUT2D eigenvalue weighted by molar-refractivity contribution is -0.214. The fourth-order valence-corrected chi connectivity index (χ4v) is 3.50. The van der Waals surface area contributed by atoms with Crippen molar-refractivity contribution in [3.05, 3.63) is 48.2 Å². The second-order valence-electron chi connectivity index (χ2n) is 7.11. The first-order chi connectivity index (χ1) is 14.5. The molecule has 0 aliphatic carbocycles. The molecule has 1 fully saturated rings. The molecular formula is C22H22N2O6. The van der Waals surface area contributed by atoms with Gasteiger partial charge in [0.25, 0.3) is 0 Å². The fraction of sp³-hybridized carbons (Fsp3) is 0.318. The third-order valence-electron chi connectivity index (χ3n) is 5.19. The molecule has 1 aromatic heterocycles. The van der Waals surface area contributed by atoms with Gasteiger partial charge < -0.3 is 29.9 Å². The smallest absolute Gasteiger partial charge is 0.147 e. The van der Waals surface area contributed by atoms with E-state index in [1.165, 1.54) is 0 Å². The molecule has 2 heterocycles. The predicted molar refractivity (Wildman–Crippen MR) is 109 cm³/mol. The zero-order chi connectivity index (χ0) is 21.3. The maximum absolute atomic E-state index is 10.2. The van der Waals surface area contributed by atoms with Crippen molar-refractivity contribution in [3.8, 4) is 28.7 Å². The van der Waals surface area contributed by atoms with E-state index in [1.807, 2.05) is 36.4 Å². The summed E-state index contributed by atoms with van der Waals surface area (Å²) in [5, 5.41) is 47.3. The van der Waals surface area contributed by atoms with Crippen LogP contribution in [0.5, 0.6) is 5.75 Å². The molecule has 5 N–H and O–H groups in total. The second-order valence-corrected chi connectivity index (χ2v) is 7.11. The zero-order valence-electron chi connectivity index (χ0n) is 16.2. The van der Waals surface area contributed by atoms with Crippen molar-refractivity contribution in [1.82, 2.24) is 10.2 Å². The van der Waals surface area contributed by atoms with Gasteiger partial charge in [-0.25, -0.2) is 0 Å². The molecule has 4 rings (SSSR count). The lowest BCUT2D eigenvalue weighted by atomic mass is 9.95. The van der Waals surface area contributed by atoms with Gasteiger partial charge >= 0.3 is 0 Å². The summed E-state index contributed by atoms with van der Waals surface area (Å²) < 4.78 is 10.8. The molecule has 1 aliphatic heterocycles. The normalized spacial score (nSPS) is 26.2. The minimum Gasteiger partial charge on any atom is -0.497 e. The first kappa shape index (κ1) is 20.3. The summed E-state index contributed by atoms with van der Waals surface area (Å²) in [7, 11) is 1.61. The molecule has 8 heteroatoms. The quantitative estimate of drug-likeness (QED) is 0.396. The Hall–Kier alpha value is -2.93. The summed E-state index contributed by atoms with van der Waals surface area (Å²) in [5.41, 5.74) is 3.19. The Kier molecular flexibility index (Phi) is 5.72. The van der Waals surface area contributed by atoms with E-state index in [1.54, 1.807) is 13.3 Å². The Morgan fingerprint density at radius 2 is 1.93 bits per heavy atom. The van der Waals surface area contributed by atoms with E-state index in [0.29, 0.717) is 5.56 Å². The molecule has 5 atom stereocenters. The molecule has 3 aromatic rings. The number of aliphatic hydroxyl groups is 4. The van der Waals surface area contributed by atoms with E-state index in [4.69, 9.17) is 9.47 Å². The number of methoxy groups -OCH3 is 1. The molecule has 1 saturated heterocycles. The highest BCUT2D eigenvalue weighted by atomic mass is 16.5. The summed E-state index contributed by atoms with van der Waals surface area (Å²) in [4.78, 5) is 0. The number of hydrogen-bond donors (Lipinski definition) is 5. The van der Waals surface area contributed by atoms with Crippen LogP contribution in [-0.4, -0.2) is 74.9 Å². The highest BCUT2D eigenvalue weighted by Crippen LogP contribution is 2.29. The first-order valence-corrected chi connectivity index (χ1v) is 9.45. The summed E-state index contributed by atoms with van der Waals surface area (Å²) in [6.45, 7) is -0.501. The molecule has 0 bridgehead atoms. The van der Waals surface area contributed by atoms with Crippen LogP contribution < -0.4 is 4.74 Å². The van der Waals surface area contributed by atoms with Crippen LogP contribution in [0.4, 0.5) is 0 Å². The molecule has 0 amide bonds. The van der Waals surface area contributed by atoms with E-state index in [9.17, 15) is 20.4 Å². The van der Waals surface area contributed by atoms with Gasteiger partial charge in [-0.15, -0.1) is 0 Å². The Balaban J connectivity index is 1.72. The monoisotopic (exact) mass is 410 g/mol. The number of benzene rings is 2. The maximum atomic E-state index is 10.2. The van der Waals surface area contributed by atoms with Crippen molar-refractivity contribution in [2.75, 3.05) is 13.7 Å². The number of ether oxygens (including phenoxy) is 2. The first-order valence-electron chi connectivity index (χ1n) is 9.45. The van der Waals surface area contributed by atoms with Gasteiger partial charge in [-0.3, -0.25) is 5.10 Å². The van der Waals surface area contributed by atoms with Crippen LogP contribution in [0.3, 0.4) is 0 Å². The van der Waals surface area contributed by atoms with Gasteiger partial charge in [0.1, 0.15) is 36.3 Å². The van der Waals surface area contributed by atoms with Gasteiger partial charge in [0, 0.05) is 5.39 Å². The van der Waals surface area contributed by atoms with Crippen LogP contribution in [0.1, 0.15) is 5.56 Å². The Morgan fingerprint density at radius 1 is 1.10 bits per heavy atom. The van der Waals surface area contributed by atoms with E-state index in [2.05, 4.69) is 22.0 Å². The highest BCUT2D eigenvalue weighted by Gasteiger charge is 2.42.